The fourth-order valence-corrected chi connectivity index (χ4v) is 4.15. The average Bonchev–Trinajstić information content (AvgIpc) is 3.27. The Labute approximate surface area is 137 Å². The maximum atomic E-state index is 5.61. The van der Waals surface area contributed by atoms with Gasteiger partial charge in [0.15, 0.2) is 5.65 Å². The lowest BCUT2D eigenvalue weighted by Crippen LogP contribution is -2.38. The van der Waals surface area contributed by atoms with Gasteiger partial charge >= 0.3 is 0 Å². The molecule has 5 heteroatoms. The maximum Gasteiger partial charge on any atom is 0.160 e. The van der Waals surface area contributed by atoms with Crippen molar-refractivity contribution in [3.05, 3.63) is 24.2 Å². The van der Waals surface area contributed by atoms with E-state index in [2.05, 4.69) is 34.4 Å². The summed E-state index contributed by atoms with van der Waals surface area (Å²) in [5.74, 6) is 1.59. The van der Waals surface area contributed by atoms with Gasteiger partial charge < -0.3 is 9.30 Å². The first-order chi connectivity index (χ1) is 11.2. The van der Waals surface area contributed by atoms with Gasteiger partial charge in [-0.25, -0.2) is 9.97 Å². The van der Waals surface area contributed by atoms with Gasteiger partial charge in [-0.2, -0.15) is 0 Å². The average molecular weight is 314 g/mol. The normalized spacial score (nSPS) is 25.9. The minimum absolute atomic E-state index is 0.415. The number of ether oxygens (including phenoxy) is 1. The molecule has 0 spiro atoms. The van der Waals surface area contributed by atoms with E-state index in [-0.39, 0.29) is 0 Å². The molecule has 2 aromatic rings. The summed E-state index contributed by atoms with van der Waals surface area (Å²) in [5.41, 5.74) is 2.05. The Morgan fingerprint density at radius 3 is 3.04 bits per heavy atom. The van der Waals surface area contributed by atoms with Gasteiger partial charge in [0.05, 0.1) is 6.61 Å². The molecular formula is C18H26N4O. The van der Waals surface area contributed by atoms with Crippen LogP contribution in [0.2, 0.25) is 0 Å². The van der Waals surface area contributed by atoms with Crippen molar-refractivity contribution in [3.63, 3.8) is 0 Å². The van der Waals surface area contributed by atoms with Gasteiger partial charge in [-0.05, 0) is 51.8 Å². The molecule has 0 saturated carbocycles. The lowest BCUT2D eigenvalue weighted by atomic mass is 10.1. The Hall–Kier alpha value is -1.46. The summed E-state index contributed by atoms with van der Waals surface area (Å²) >= 11 is 0. The molecule has 2 saturated heterocycles. The molecular weight excluding hydrogens is 288 g/mol. The molecule has 2 aromatic heterocycles. The zero-order valence-corrected chi connectivity index (χ0v) is 14.1. The van der Waals surface area contributed by atoms with Crippen LogP contribution < -0.4 is 0 Å². The molecule has 0 amide bonds. The highest BCUT2D eigenvalue weighted by molar-refractivity contribution is 5.71. The first-order valence-electron chi connectivity index (χ1n) is 8.88. The zero-order valence-electron chi connectivity index (χ0n) is 14.1. The van der Waals surface area contributed by atoms with E-state index in [1.165, 1.54) is 25.2 Å². The number of nitrogens with zero attached hydrogens (tertiary/aromatic N) is 4. The molecule has 2 fully saturated rings. The van der Waals surface area contributed by atoms with Gasteiger partial charge in [-0.15, -0.1) is 0 Å². The molecule has 0 radical (unpaired) electrons. The molecule has 0 N–H and O–H groups in total. The largest absolute Gasteiger partial charge is 0.381 e. The van der Waals surface area contributed by atoms with Crippen molar-refractivity contribution in [2.45, 2.75) is 57.7 Å². The van der Waals surface area contributed by atoms with E-state index < -0.39 is 0 Å². The summed E-state index contributed by atoms with van der Waals surface area (Å²) in [4.78, 5) is 12.2. The van der Waals surface area contributed by atoms with E-state index in [4.69, 9.17) is 9.72 Å². The number of hydrogen-bond donors (Lipinski definition) is 0. The predicted molar refractivity (Wildman–Crippen MR) is 90.6 cm³/mol. The van der Waals surface area contributed by atoms with E-state index in [0.717, 1.165) is 37.3 Å². The third-order valence-electron chi connectivity index (χ3n) is 5.31. The molecule has 124 valence electrons. The molecule has 0 aliphatic carbocycles. The standard InChI is InChI=1S/C18H26N4O/c1-13(2)21-9-4-5-15(21)11-22-17(14-7-10-23-12-14)20-16-6-3-8-19-18(16)22/h3,6,8,13-15H,4-5,7,9-12H2,1-2H3. The van der Waals surface area contributed by atoms with Crippen molar-refractivity contribution in [1.82, 2.24) is 19.4 Å². The van der Waals surface area contributed by atoms with Crippen molar-refractivity contribution in [3.8, 4) is 0 Å². The third-order valence-corrected chi connectivity index (χ3v) is 5.31. The molecule has 0 aromatic carbocycles. The fourth-order valence-electron chi connectivity index (χ4n) is 4.15. The Morgan fingerprint density at radius 2 is 2.26 bits per heavy atom. The molecule has 2 aliphatic rings. The fraction of sp³-hybridized carbons (Fsp3) is 0.667. The van der Waals surface area contributed by atoms with E-state index >= 15 is 0 Å². The number of pyridine rings is 1. The van der Waals surface area contributed by atoms with Gasteiger partial charge in [0.2, 0.25) is 0 Å². The van der Waals surface area contributed by atoms with Crippen LogP contribution in [0.4, 0.5) is 0 Å². The van der Waals surface area contributed by atoms with Gasteiger partial charge in [-0.1, -0.05) is 0 Å². The second-order valence-corrected chi connectivity index (χ2v) is 7.11. The quantitative estimate of drug-likeness (QED) is 0.870. The summed E-state index contributed by atoms with van der Waals surface area (Å²) in [6, 6.07) is 5.25. The van der Waals surface area contributed by atoms with Crippen LogP contribution in [0, 0.1) is 0 Å². The number of aromatic nitrogens is 3. The predicted octanol–water partition coefficient (Wildman–Crippen LogP) is 2.81. The molecule has 2 atom stereocenters. The SMILES string of the molecule is CC(C)N1CCCC1Cn1c(C2CCOC2)nc2cccnc21. The Balaban J connectivity index is 1.71. The third kappa shape index (κ3) is 2.76. The monoisotopic (exact) mass is 314 g/mol. The van der Waals surface area contributed by atoms with E-state index in [0.29, 0.717) is 18.0 Å². The first-order valence-corrected chi connectivity index (χ1v) is 8.88. The van der Waals surface area contributed by atoms with E-state index in [1.54, 1.807) is 0 Å². The van der Waals surface area contributed by atoms with Crippen molar-refractivity contribution in [1.29, 1.82) is 0 Å². The zero-order chi connectivity index (χ0) is 15.8. The highest BCUT2D eigenvalue weighted by atomic mass is 16.5. The van der Waals surface area contributed by atoms with Crippen LogP contribution >= 0.6 is 0 Å². The molecule has 0 bridgehead atoms. The number of fused-ring (bicyclic) bond motifs is 1. The lowest BCUT2D eigenvalue weighted by Gasteiger charge is -2.29. The number of hydrogen-bond acceptors (Lipinski definition) is 4. The van der Waals surface area contributed by atoms with Gasteiger partial charge in [0.25, 0.3) is 0 Å². The van der Waals surface area contributed by atoms with Gasteiger partial charge in [0, 0.05) is 37.4 Å². The smallest absolute Gasteiger partial charge is 0.160 e. The molecule has 23 heavy (non-hydrogen) atoms. The highest BCUT2D eigenvalue weighted by Gasteiger charge is 2.30. The van der Waals surface area contributed by atoms with Crippen LogP contribution in [0.3, 0.4) is 0 Å². The molecule has 5 nitrogen and oxygen atoms in total. The summed E-state index contributed by atoms with van der Waals surface area (Å²) in [5, 5.41) is 0. The van der Waals surface area contributed by atoms with E-state index in [1.807, 2.05) is 12.3 Å². The summed E-state index contributed by atoms with van der Waals surface area (Å²) in [6.45, 7) is 8.45. The van der Waals surface area contributed by atoms with Crippen LogP contribution in [0.15, 0.2) is 18.3 Å². The second-order valence-electron chi connectivity index (χ2n) is 7.11. The summed E-state index contributed by atoms with van der Waals surface area (Å²) in [6.07, 6.45) is 5.52. The maximum absolute atomic E-state index is 5.61. The minimum Gasteiger partial charge on any atom is -0.381 e. The number of rotatable bonds is 4. The lowest BCUT2D eigenvalue weighted by molar-refractivity contribution is 0.183. The summed E-state index contributed by atoms with van der Waals surface area (Å²) in [7, 11) is 0. The van der Waals surface area contributed by atoms with Crippen molar-refractivity contribution >= 4 is 11.2 Å². The second kappa shape index (κ2) is 6.21. The summed E-state index contributed by atoms with van der Waals surface area (Å²) < 4.78 is 7.98. The van der Waals surface area contributed by atoms with Gasteiger partial charge in [0.1, 0.15) is 11.3 Å². The highest BCUT2D eigenvalue weighted by Crippen LogP contribution is 2.29. The van der Waals surface area contributed by atoms with Gasteiger partial charge in [-0.3, -0.25) is 4.90 Å². The molecule has 2 aliphatic heterocycles. The van der Waals surface area contributed by atoms with Crippen molar-refractivity contribution in [2.75, 3.05) is 19.8 Å². The van der Waals surface area contributed by atoms with E-state index in [9.17, 15) is 0 Å². The van der Waals surface area contributed by atoms with Crippen LogP contribution in [-0.2, 0) is 11.3 Å². The van der Waals surface area contributed by atoms with Crippen LogP contribution in [-0.4, -0.2) is 51.3 Å². The van der Waals surface area contributed by atoms with Crippen LogP contribution in [0.25, 0.3) is 11.2 Å². The Bertz CT molecular complexity index is 675. The van der Waals surface area contributed by atoms with Crippen molar-refractivity contribution < 1.29 is 4.74 Å². The molecule has 2 unspecified atom stereocenters. The number of imidazole rings is 1. The number of likely N-dealkylation sites (tertiary alicyclic amines) is 1. The van der Waals surface area contributed by atoms with Crippen molar-refractivity contribution in [2.24, 2.45) is 0 Å². The Morgan fingerprint density at radius 1 is 1.35 bits per heavy atom. The van der Waals surface area contributed by atoms with Crippen LogP contribution in [0.1, 0.15) is 44.9 Å². The minimum atomic E-state index is 0.415. The topological polar surface area (TPSA) is 43.2 Å². The molecule has 4 heterocycles. The van der Waals surface area contributed by atoms with Crippen LogP contribution in [0.5, 0.6) is 0 Å². The molecule has 4 rings (SSSR count). The first kappa shape index (κ1) is 15.1. The Kier molecular flexibility index (Phi) is 4.07.